The maximum atomic E-state index is 12.4. The molecule has 0 aromatic heterocycles. The van der Waals surface area contributed by atoms with Crippen LogP contribution >= 0.6 is 15.9 Å². The normalized spacial score (nSPS) is 22.4. The quantitative estimate of drug-likeness (QED) is 0.843. The lowest BCUT2D eigenvalue weighted by Gasteiger charge is -2.25. The molecule has 1 unspecified atom stereocenters. The Bertz CT molecular complexity index is 614. The second kappa shape index (κ2) is 7.01. The number of carbonyl (C=O) groups is 2. The molecule has 2 fully saturated rings. The predicted octanol–water partition coefficient (Wildman–Crippen LogP) is 1.98. The fraction of sp³-hybridized carbons (Fsp3) is 0.529. The van der Waals surface area contributed by atoms with E-state index in [1.807, 2.05) is 25.1 Å². The van der Waals surface area contributed by atoms with Gasteiger partial charge >= 0.3 is 0 Å². The summed E-state index contributed by atoms with van der Waals surface area (Å²) in [7, 11) is 0. The van der Waals surface area contributed by atoms with E-state index in [2.05, 4.69) is 26.6 Å². The molecule has 0 saturated carbocycles. The maximum absolute atomic E-state index is 12.4. The van der Waals surface area contributed by atoms with Gasteiger partial charge < -0.3 is 15.5 Å². The van der Waals surface area contributed by atoms with Gasteiger partial charge in [0.1, 0.15) is 0 Å². The average Bonchev–Trinajstić information content (AvgIpc) is 2.93. The highest BCUT2D eigenvalue weighted by molar-refractivity contribution is 9.10. The number of nitrogens with one attached hydrogen (secondary N) is 2. The summed E-state index contributed by atoms with van der Waals surface area (Å²) in [6.07, 6.45) is 2.22. The molecule has 0 radical (unpaired) electrons. The summed E-state index contributed by atoms with van der Waals surface area (Å²) in [5.74, 6) is -0.208. The highest BCUT2D eigenvalue weighted by atomic mass is 79.9. The van der Waals surface area contributed by atoms with Gasteiger partial charge in [-0.1, -0.05) is 15.9 Å². The zero-order valence-corrected chi connectivity index (χ0v) is 14.9. The fourth-order valence-corrected chi connectivity index (χ4v) is 3.46. The first-order valence-corrected chi connectivity index (χ1v) is 8.91. The molecule has 2 aliphatic heterocycles. The molecule has 1 aromatic carbocycles. The van der Waals surface area contributed by atoms with E-state index in [0.717, 1.165) is 41.7 Å². The van der Waals surface area contributed by atoms with Crippen molar-refractivity contribution in [2.45, 2.75) is 32.2 Å². The van der Waals surface area contributed by atoms with Crippen LogP contribution in [-0.4, -0.2) is 37.5 Å². The number of anilines is 1. The summed E-state index contributed by atoms with van der Waals surface area (Å²) in [5, 5.41) is 6.39. The molecule has 2 N–H and O–H groups in total. The van der Waals surface area contributed by atoms with Crippen molar-refractivity contribution in [1.29, 1.82) is 0 Å². The fourth-order valence-electron chi connectivity index (χ4n) is 3.21. The van der Waals surface area contributed by atoms with E-state index in [1.165, 1.54) is 0 Å². The molecule has 0 aliphatic carbocycles. The van der Waals surface area contributed by atoms with E-state index in [9.17, 15) is 9.59 Å². The van der Waals surface area contributed by atoms with Gasteiger partial charge in [-0.25, -0.2) is 0 Å². The van der Waals surface area contributed by atoms with Crippen LogP contribution in [0.3, 0.4) is 0 Å². The first kappa shape index (κ1) is 16.5. The van der Waals surface area contributed by atoms with Crippen molar-refractivity contribution in [1.82, 2.24) is 10.6 Å². The smallest absolute Gasteiger partial charge is 0.227 e. The van der Waals surface area contributed by atoms with Crippen LogP contribution in [0.4, 0.5) is 5.69 Å². The molecule has 0 spiro atoms. The van der Waals surface area contributed by atoms with E-state index in [0.29, 0.717) is 13.0 Å². The Morgan fingerprint density at radius 3 is 2.78 bits per heavy atom. The summed E-state index contributed by atoms with van der Waals surface area (Å²) in [6.45, 7) is 4.35. The molecule has 1 aromatic rings. The Morgan fingerprint density at radius 1 is 1.35 bits per heavy atom. The van der Waals surface area contributed by atoms with Gasteiger partial charge in [0.05, 0.1) is 5.92 Å². The molecule has 2 saturated heterocycles. The van der Waals surface area contributed by atoms with Gasteiger partial charge in [-0.05, 0) is 56.6 Å². The first-order valence-electron chi connectivity index (χ1n) is 8.12. The van der Waals surface area contributed by atoms with Crippen LogP contribution in [0, 0.1) is 12.8 Å². The number of carbonyl (C=O) groups excluding carboxylic acids is 2. The van der Waals surface area contributed by atoms with Crippen LogP contribution in [0.15, 0.2) is 22.7 Å². The number of halogens is 1. The third-order valence-corrected chi connectivity index (χ3v) is 5.52. The van der Waals surface area contributed by atoms with Crippen LogP contribution in [-0.2, 0) is 9.59 Å². The molecule has 1 atom stereocenters. The number of rotatable bonds is 3. The van der Waals surface area contributed by atoms with E-state index in [1.54, 1.807) is 4.90 Å². The minimum Gasteiger partial charge on any atom is -0.353 e. The molecule has 0 bridgehead atoms. The summed E-state index contributed by atoms with van der Waals surface area (Å²) < 4.78 is 1.02. The van der Waals surface area contributed by atoms with Crippen molar-refractivity contribution < 1.29 is 9.59 Å². The van der Waals surface area contributed by atoms with Crippen LogP contribution in [0.5, 0.6) is 0 Å². The lowest BCUT2D eigenvalue weighted by atomic mass is 10.0. The predicted molar refractivity (Wildman–Crippen MR) is 93.4 cm³/mol. The monoisotopic (exact) mass is 379 g/mol. The SMILES string of the molecule is Cc1cc(N2CC(C(=O)NC3CCNCC3)CC2=O)ccc1Br. The molecular weight excluding hydrogens is 358 g/mol. The van der Waals surface area contributed by atoms with Crippen LogP contribution in [0.25, 0.3) is 0 Å². The van der Waals surface area contributed by atoms with Gasteiger partial charge in [0, 0.05) is 29.2 Å². The van der Waals surface area contributed by atoms with Crippen molar-refractivity contribution in [2.24, 2.45) is 5.92 Å². The lowest BCUT2D eigenvalue weighted by Crippen LogP contribution is -2.45. The van der Waals surface area contributed by atoms with Crippen LogP contribution < -0.4 is 15.5 Å². The van der Waals surface area contributed by atoms with E-state index in [4.69, 9.17) is 0 Å². The summed E-state index contributed by atoms with van der Waals surface area (Å²) in [6, 6.07) is 6.08. The molecule has 124 valence electrons. The van der Waals surface area contributed by atoms with Crippen LogP contribution in [0.2, 0.25) is 0 Å². The van der Waals surface area contributed by atoms with Crippen molar-refractivity contribution in [3.8, 4) is 0 Å². The van der Waals surface area contributed by atoms with Crippen LogP contribution in [0.1, 0.15) is 24.8 Å². The van der Waals surface area contributed by atoms with Gasteiger partial charge in [-0.3, -0.25) is 9.59 Å². The van der Waals surface area contributed by atoms with Gasteiger partial charge in [-0.2, -0.15) is 0 Å². The van der Waals surface area contributed by atoms with Gasteiger partial charge in [-0.15, -0.1) is 0 Å². The Morgan fingerprint density at radius 2 is 2.09 bits per heavy atom. The largest absolute Gasteiger partial charge is 0.353 e. The summed E-state index contributed by atoms with van der Waals surface area (Å²) in [5.41, 5.74) is 1.95. The molecule has 2 amide bonds. The van der Waals surface area contributed by atoms with Crippen molar-refractivity contribution in [2.75, 3.05) is 24.5 Å². The van der Waals surface area contributed by atoms with E-state index in [-0.39, 0.29) is 23.8 Å². The highest BCUT2D eigenvalue weighted by Crippen LogP contribution is 2.28. The topological polar surface area (TPSA) is 61.4 Å². The summed E-state index contributed by atoms with van der Waals surface area (Å²) >= 11 is 3.47. The second-order valence-corrected chi connectivity index (χ2v) is 7.23. The molecular formula is C17H22BrN3O2. The van der Waals surface area contributed by atoms with Gasteiger partial charge in [0.15, 0.2) is 0 Å². The number of nitrogens with zero attached hydrogens (tertiary/aromatic N) is 1. The van der Waals surface area contributed by atoms with Gasteiger partial charge in [0.2, 0.25) is 11.8 Å². The molecule has 2 heterocycles. The third kappa shape index (κ3) is 3.75. The van der Waals surface area contributed by atoms with Crippen molar-refractivity contribution in [3.63, 3.8) is 0 Å². The lowest BCUT2D eigenvalue weighted by molar-refractivity contribution is -0.127. The number of amides is 2. The summed E-state index contributed by atoms with van der Waals surface area (Å²) in [4.78, 5) is 26.5. The Labute approximate surface area is 144 Å². The third-order valence-electron chi connectivity index (χ3n) is 4.63. The minimum atomic E-state index is -0.249. The number of benzene rings is 1. The zero-order valence-electron chi connectivity index (χ0n) is 13.3. The standard InChI is InChI=1S/C17H22BrN3O2/c1-11-8-14(2-3-15(11)18)21-10-12(9-16(21)22)17(23)20-13-4-6-19-7-5-13/h2-3,8,12-13,19H,4-7,9-10H2,1H3,(H,20,23). The Kier molecular flexibility index (Phi) is 5.02. The van der Waals surface area contributed by atoms with Crippen molar-refractivity contribution >= 4 is 33.4 Å². The molecule has 3 rings (SSSR count). The van der Waals surface area contributed by atoms with E-state index < -0.39 is 0 Å². The Balaban J connectivity index is 1.64. The van der Waals surface area contributed by atoms with E-state index >= 15 is 0 Å². The number of hydrogen-bond acceptors (Lipinski definition) is 3. The highest BCUT2D eigenvalue weighted by Gasteiger charge is 2.36. The minimum absolute atomic E-state index is 0.0154. The number of hydrogen-bond donors (Lipinski definition) is 2. The number of piperidine rings is 1. The number of aryl methyl sites for hydroxylation is 1. The molecule has 5 nitrogen and oxygen atoms in total. The van der Waals surface area contributed by atoms with Gasteiger partial charge in [0.25, 0.3) is 0 Å². The maximum Gasteiger partial charge on any atom is 0.227 e. The average molecular weight is 380 g/mol. The molecule has 23 heavy (non-hydrogen) atoms. The first-order chi connectivity index (χ1) is 11.0. The zero-order chi connectivity index (χ0) is 16.4. The molecule has 2 aliphatic rings. The molecule has 6 heteroatoms. The Hall–Kier alpha value is -1.40. The van der Waals surface area contributed by atoms with Crippen molar-refractivity contribution in [3.05, 3.63) is 28.2 Å². The second-order valence-electron chi connectivity index (χ2n) is 6.37.